The van der Waals surface area contributed by atoms with Crippen LogP contribution in [0.5, 0.6) is 0 Å². The first-order valence-electron chi connectivity index (χ1n) is 5.89. The van der Waals surface area contributed by atoms with Gasteiger partial charge in [0.25, 0.3) is 0 Å². The minimum absolute atomic E-state index is 0.121. The van der Waals surface area contributed by atoms with Gasteiger partial charge < -0.3 is 5.11 Å². The number of likely N-dealkylation sites (N-methyl/N-ethyl adjacent to an activating group) is 1. The molecular formula is C11H16N2O4. The number of carbonyl (C=O) groups is 3. The lowest BCUT2D eigenvalue weighted by Crippen LogP contribution is -2.47. The number of carbonyl (C=O) groups excluding carboxylic acids is 2. The molecule has 94 valence electrons. The molecule has 2 unspecified atom stereocenters. The Hall–Kier alpha value is -1.43. The van der Waals surface area contributed by atoms with Crippen molar-refractivity contribution in [2.75, 3.05) is 13.1 Å². The molecule has 2 heterocycles. The highest BCUT2D eigenvalue weighted by atomic mass is 16.4. The number of amides is 2. The fourth-order valence-electron chi connectivity index (χ4n) is 2.68. The Morgan fingerprint density at radius 3 is 2.71 bits per heavy atom. The first kappa shape index (κ1) is 12.0. The fourth-order valence-corrected chi connectivity index (χ4v) is 2.68. The van der Waals surface area contributed by atoms with Gasteiger partial charge in [0.1, 0.15) is 6.04 Å². The molecule has 0 aromatic rings. The van der Waals surface area contributed by atoms with Gasteiger partial charge in [0.15, 0.2) is 0 Å². The van der Waals surface area contributed by atoms with Crippen LogP contribution < -0.4 is 0 Å². The number of nitrogens with zero attached hydrogens (tertiary/aromatic N) is 2. The topological polar surface area (TPSA) is 77.9 Å². The minimum atomic E-state index is -0.905. The van der Waals surface area contributed by atoms with Gasteiger partial charge in [-0.05, 0) is 26.3 Å². The quantitative estimate of drug-likeness (QED) is 0.684. The van der Waals surface area contributed by atoms with Crippen molar-refractivity contribution < 1.29 is 19.5 Å². The van der Waals surface area contributed by atoms with Gasteiger partial charge >= 0.3 is 5.97 Å². The molecule has 0 bridgehead atoms. The molecule has 2 amide bonds. The second-order valence-electron chi connectivity index (χ2n) is 4.43. The summed E-state index contributed by atoms with van der Waals surface area (Å²) in [5.74, 6) is -1.35. The van der Waals surface area contributed by atoms with E-state index in [1.165, 1.54) is 4.90 Å². The Kier molecular flexibility index (Phi) is 3.15. The zero-order chi connectivity index (χ0) is 12.6. The normalized spacial score (nSPS) is 30.3. The average molecular weight is 240 g/mol. The summed E-state index contributed by atoms with van der Waals surface area (Å²) in [6, 6.07) is -1.18. The molecule has 6 nitrogen and oxygen atoms in total. The zero-order valence-electron chi connectivity index (χ0n) is 9.76. The maximum atomic E-state index is 12.0. The van der Waals surface area contributed by atoms with E-state index in [9.17, 15) is 14.4 Å². The van der Waals surface area contributed by atoms with E-state index in [2.05, 4.69) is 0 Å². The van der Waals surface area contributed by atoms with E-state index in [1.54, 1.807) is 11.8 Å². The van der Waals surface area contributed by atoms with Gasteiger partial charge in [-0.25, -0.2) is 0 Å². The molecule has 0 aromatic carbocycles. The number of rotatable bonds is 3. The van der Waals surface area contributed by atoms with Crippen molar-refractivity contribution in [2.24, 2.45) is 0 Å². The lowest BCUT2D eigenvalue weighted by Gasteiger charge is -2.25. The largest absolute Gasteiger partial charge is 0.480 e. The Morgan fingerprint density at radius 1 is 1.47 bits per heavy atom. The van der Waals surface area contributed by atoms with Crippen LogP contribution in [-0.2, 0) is 14.4 Å². The Morgan fingerprint density at radius 2 is 2.18 bits per heavy atom. The van der Waals surface area contributed by atoms with Gasteiger partial charge in [-0.2, -0.15) is 0 Å². The van der Waals surface area contributed by atoms with Gasteiger partial charge in [-0.15, -0.1) is 0 Å². The molecule has 1 N–H and O–H groups in total. The standard InChI is InChI=1S/C11H16N2O4/c1-2-12-9(14)6-8(10(12)15)13-5-3-4-7(13)11(16)17/h7-8H,2-6H2,1H3,(H,16,17). The molecular weight excluding hydrogens is 224 g/mol. The number of likely N-dealkylation sites (tertiary alicyclic amines) is 2. The van der Waals surface area contributed by atoms with E-state index in [1.807, 2.05) is 0 Å². The number of aliphatic carboxylic acids is 1. The number of hydrogen-bond donors (Lipinski definition) is 1. The summed E-state index contributed by atoms with van der Waals surface area (Å²) in [7, 11) is 0. The molecule has 0 saturated carbocycles. The Balaban J connectivity index is 2.16. The van der Waals surface area contributed by atoms with Crippen LogP contribution in [0.25, 0.3) is 0 Å². The summed E-state index contributed by atoms with van der Waals surface area (Å²) < 4.78 is 0. The third-order valence-corrected chi connectivity index (χ3v) is 3.52. The van der Waals surface area contributed by atoms with Crippen molar-refractivity contribution in [3.8, 4) is 0 Å². The van der Waals surface area contributed by atoms with Crippen molar-refractivity contribution in [1.82, 2.24) is 9.80 Å². The highest BCUT2D eigenvalue weighted by molar-refractivity contribution is 6.05. The molecule has 0 aliphatic carbocycles. The van der Waals surface area contributed by atoms with E-state index in [4.69, 9.17) is 5.11 Å². The summed E-state index contributed by atoms with van der Waals surface area (Å²) >= 11 is 0. The van der Waals surface area contributed by atoms with E-state index < -0.39 is 18.1 Å². The summed E-state index contributed by atoms with van der Waals surface area (Å²) in [5.41, 5.74) is 0. The number of carboxylic acids is 1. The lowest BCUT2D eigenvalue weighted by atomic mass is 10.1. The predicted molar refractivity (Wildman–Crippen MR) is 58.2 cm³/mol. The molecule has 2 rings (SSSR count). The van der Waals surface area contributed by atoms with Gasteiger partial charge in [-0.3, -0.25) is 24.2 Å². The fraction of sp³-hybridized carbons (Fsp3) is 0.727. The molecule has 0 radical (unpaired) electrons. The number of imide groups is 1. The molecule has 2 atom stereocenters. The monoisotopic (exact) mass is 240 g/mol. The second-order valence-corrected chi connectivity index (χ2v) is 4.43. The van der Waals surface area contributed by atoms with Crippen LogP contribution in [-0.4, -0.2) is 57.9 Å². The van der Waals surface area contributed by atoms with Crippen LogP contribution in [0.2, 0.25) is 0 Å². The van der Waals surface area contributed by atoms with E-state index in [0.717, 1.165) is 6.42 Å². The smallest absolute Gasteiger partial charge is 0.320 e. The number of carboxylic acid groups (broad SMARTS) is 1. The summed E-state index contributed by atoms with van der Waals surface area (Å²) in [6.45, 7) is 2.69. The first-order valence-corrected chi connectivity index (χ1v) is 5.89. The van der Waals surface area contributed by atoms with Crippen molar-refractivity contribution in [2.45, 2.75) is 38.3 Å². The summed E-state index contributed by atoms with van der Waals surface area (Å²) in [4.78, 5) is 37.5. The van der Waals surface area contributed by atoms with E-state index >= 15 is 0 Å². The van der Waals surface area contributed by atoms with Crippen LogP contribution in [0.15, 0.2) is 0 Å². The maximum absolute atomic E-state index is 12.0. The van der Waals surface area contributed by atoms with Gasteiger partial charge in [-0.1, -0.05) is 0 Å². The third-order valence-electron chi connectivity index (χ3n) is 3.52. The molecule has 2 fully saturated rings. The molecule has 6 heteroatoms. The Bertz CT molecular complexity index is 368. The summed E-state index contributed by atoms with van der Waals surface area (Å²) in [5, 5.41) is 9.07. The molecule has 2 aliphatic rings. The van der Waals surface area contributed by atoms with Gasteiger partial charge in [0.05, 0.1) is 12.5 Å². The van der Waals surface area contributed by atoms with E-state index in [-0.39, 0.29) is 18.2 Å². The highest BCUT2D eigenvalue weighted by Crippen LogP contribution is 2.26. The highest BCUT2D eigenvalue weighted by Gasteiger charge is 2.46. The van der Waals surface area contributed by atoms with Crippen LogP contribution >= 0.6 is 0 Å². The molecule has 2 saturated heterocycles. The van der Waals surface area contributed by atoms with Crippen molar-refractivity contribution >= 4 is 17.8 Å². The first-order chi connectivity index (χ1) is 8.06. The van der Waals surface area contributed by atoms with Crippen LogP contribution in [0.4, 0.5) is 0 Å². The molecule has 2 aliphatic heterocycles. The zero-order valence-corrected chi connectivity index (χ0v) is 9.76. The second kappa shape index (κ2) is 4.44. The maximum Gasteiger partial charge on any atom is 0.320 e. The lowest BCUT2D eigenvalue weighted by molar-refractivity contribution is -0.144. The van der Waals surface area contributed by atoms with Crippen LogP contribution in [0, 0.1) is 0 Å². The Labute approximate surface area is 99.2 Å². The predicted octanol–water partition coefficient (Wildman–Crippen LogP) is -0.317. The van der Waals surface area contributed by atoms with Gasteiger partial charge in [0, 0.05) is 6.54 Å². The molecule has 0 aromatic heterocycles. The van der Waals surface area contributed by atoms with Gasteiger partial charge in [0.2, 0.25) is 11.8 Å². The van der Waals surface area contributed by atoms with Crippen molar-refractivity contribution in [1.29, 1.82) is 0 Å². The average Bonchev–Trinajstić information content (AvgIpc) is 2.83. The number of hydrogen-bond acceptors (Lipinski definition) is 4. The molecule has 0 spiro atoms. The molecule has 17 heavy (non-hydrogen) atoms. The minimum Gasteiger partial charge on any atom is -0.480 e. The van der Waals surface area contributed by atoms with E-state index in [0.29, 0.717) is 19.5 Å². The summed E-state index contributed by atoms with van der Waals surface area (Å²) in [6.07, 6.45) is 1.44. The van der Waals surface area contributed by atoms with Crippen molar-refractivity contribution in [3.05, 3.63) is 0 Å². The third kappa shape index (κ3) is 1.93. The van der Waals surface area contributed by atoms with Crippen LogP contribution in [0.1, 0.15) is 26.2 Å². The SMILES string of the molecule is CCN1C(=O)CC(N2CCCC2C(=O)O)C1=O. The van der Waals surface area contributed by atoms with Crippen molar-refractivity contribution in [3.63, 3.8) is 0 Å². The van der Waals surface area contributed by atoms with Crippen LogP contribution in [0.3, 0.4) is 0 Å².